The summed E-state index contributed by atoms with van der Waals surface area (Å²) in [7, 11) is 0. The average Bonchev–Trinajstić information content (AvgIpc) is 3.37. The summed E-state index contributed by atoms with van der Waals surface area (Å²) in [6.07, 6.45) is 1.50. The summed E-state index contributed by atoms with van der Waals surface area (Å²) in [5.74, 6) is -0.603. The van der Waals surface area contributed by atoms with Gasteiger partial charge in [-0.1, -0.05) is 48.2 Å². The molecule has 1 N–H and O–H groups in total. The number of fused-ring (bicyclic) bond motifs is 1. The largest absolute Gasteiger partial charge is 0.291 e. The monoisotopic (exact) mass is 411 g/mol. The van der Waals surface area contributed by atoms with Crippen LogP contribution in [0.1, 0.15) is 9.67 Å². The normalized spacial score (nSPS) is 10.8. The first-order chi connectivity index (χ1) is 13.2. The average molecular weight is 412 g/mol. The van der Waals surface area contributed by atoms with E-state index in [1.807, 2.05) is 24.3 Å². The number of benzene rings is 1. The van der Waals surface area contributed by atoms with Gasteiger partial charge in [-0.05, 0) is 23.1 Å². The first kappa shape index (κ1) is 17.8. The second-order valence-corrected chi connectivity index (χ2v) is 8.46. The molecule has 0 aliphatic heterocycles. The number of nitrogens with zero attached hydrogens (tertiary/aromatic N) is 2. The van der Waals surface area contributed by atoms with E-state index in [1.54, 1.807) is 28.8 Å². The lowest BCUT2D eigenvalue weighted by atomic mass is 10.2. The number of nitrogens with one attached hydrogen (secondary N) is 1. The predicted molar refractivity (Wildman–Crippen MR) is 110 cm³/mol. The lowest BCUT2D eigenvalue weighted by molar-refractivity contribution is -0.117. The molecule has 0 aliphatic carbocycles. The van der Waals surface area contributed by atoms with Crippen molar-refractivity contribution in [2.45, 2.75) is 5.03 Å². The van der Waals surface area contributed by atoms with Gasteiger partial charge in [-0.2, -0.15) is 0 Å². The fraction of sp³-hybridized carbons (Fsp3) is 0.0526. The molecule has 5 nitrogen and oxygen atoms in total. The van der Waals surface area contributed by atoms with Crippen molar-refractivity contribution >= 4 is 56.5 Å². The minimum atomic E-state index is -0.370. The maximum atomic E-state index is 12.1. The van der Waals surface area contributed by atoms with Gasteiger partial charge in [0.2, 0.25) is 5.91 Å². The van der Waals surface area contributed by atoms with E-state index in [4.69, 9.17) is 0 Å². The zero-order valence-corrected chi connectivity index (χ0v) is 16.4. The summed E-state index contributed by atoms with van der Waals surface area (Å²) < 4.78 is 0. The van der Waals surface area contributed by atoms with Gasteiger partial charge in [0, 0.05) is 10.3 Å². The molecule has 0 fully saturated rings. The molecule has 1 aromatic carbocycles. The van der Waals surface area contributed by atoms with Crippen LogP contribution in [0.2, 0.25) is 0 Å². The van der Waals surface area contributed by atoms with Crippen molar-refractivity contribution < 1.29 is 9.59 Å². The molecule has 0 atom stereocenters. The van der Waals surface area contributed by atoms with Crippen LogP contribution in [0.25, 0.3) is 20.7 Å². The molecule has 2 amide bonds. The van der Waals surface area contributed by atoms with Crippen LogP contribution in [0.4, 0.5) is 0 Å². The fourth-order valence-electron chi connectivity index (χ4n) is 2.46. The first-order valence-corrected chi connectivity index (χ1v) is 10.7. The Kier molecular flexibility index (Phi) is 5.28. The van der Waals surface area contributed by atoms with E-state index in [9.17, 15) is 9.59 Å². The third-order valence-corrected chi connectivity index (χ3v) is 6.66. The van der Waals surface area contributed by atoms with Gasteiger partial charge in [-0.25, -0.2) is 9.97 Å². The third-order valence-electron chi connectivity index (χ3n) is 3.69. The van der Waals surface area contributed by atoms with E-state index in [0.717, 1.165) is 25.7 Å². The molecule has 4 rings (SSSR count). The molecule has 0 aliphatic rings. The smallest absolute Gasteiger partial charge is 0.267 e. The maximum Gasteiger partial charge on any atom is 0.267 e. The van der Waals surface area contributed by atoms with Gasteiger partial charge in [0.25, 0.3) is 5.91 Å². The maximum absolute atomic E-state index is 12.1. The van der Waals surface area contributed by atoms with Crippen molar-refractivity contribution in [2.75, 3.05) is 5.75 Å². The van der Waals surface area contributed by atoms with E-state index in [2.05, 4.69) is 27.4 Å². The van der Waals surface area contributed by atoms with Crippen LogP contribution < -0.4 is 5.32 Å². The summed E-state index contributed by atoms with van der Waals surface area (Å²) in [4.78, 5) is 35.2. The van der Waals surface area contributed by atoms with Crippen LogP contribution in [-0.2, 0) is 4.79 Å². The number of carbonyl (C=O) groups is 2. The Morgan fingerprint density at radius 2 is 1.93 bits per heavy atom. The quantitative estimate of drug-likeness (QED) is 0.388. The van der Waals surface area contributed by atoms with Gasteiger partial charge in [0.1, 0.15) is 16.2 Å². The van der Waals surface area contributed by atoms with Gasteiger partial charge >= 0.3 is 0 Å². The zero-order valence-electron chi connectivity index (χ0n) is 13.9. The SMILES string of the molecule is O=C(CSc1ncnc2sc(-c3ccccc3)cc12)NC(=O)c1cccs1. The highest BCUT2D eigenvalue weighted by Crippen LogP contribution is 2.35. The van der Waals surface area contributed by atoms with E-state index in [0.29, 0.717) is 4.88 Å². The molecule has 0 saturated carbocycles. The Labute approximate surface area is 167 Å². The molecular weight excluding hydrogens is 398 g/mol. The lowest BCUT2D eigenvalue weighted by Crippen LogP contribution is -2.31. The second kappa shape index (κ2) is 7.99. The van der Waals surface area contributed by atoms with Gasteiger partial charge in [0.15, 0.2) is 0 Å². The summed E-state index contributed by atoms with van der Waals surface area (Å²) in [6, 6.07) is 15.6. The highest BCUT2D eigenvalue weighted by Gasteiger charge is 2.14. The standard InChI is InChI=1S/C19H13N3O2S3/c23-16(22-17(24)14-7-4-8-25-14)10-26-18-13-9-15(12-5-2-1-3-6-12)27-19(13)21-11-20-18/h1-9,11H,10H2,(H,22,23,24). The molecule has 8 heteroatoms. The minimum Gasteiger partial charge on any atom is -0.291 e. The summed E-state index contributed by atoms with van der Waals surface area (Å²) in [6.45, 7) is 0. The number of rotatable bonds is 5. The molecule has 3 heterocycles. The Morgan fingerprint density at radius 3 is 2.70 bits per heavy atom. The fourth-order valence-corrected chi connectivity index (χ4v) is 4.92. The number of carbonyl (C=O) groups excluding carboxylic acids is 2. The molecule has 0 spiro atoms. The number of hydrogen-bond acceptors (Lipinski definition) is 7. The van der Waals surface area contributed by atoms with Crippen LogP contribution in [-0.4, -0.2) is 27.5 Å². The Balaban J connectivity index is 1.48. The van der Waals surface area contributed by atoms with Crippen molar-refractivity contribution in [1.29, 1.82) is 0 Å². The molecule has 0 saturated heterocycles. The van der Waals surface area contributed by atoms with Crippen LogP contribution in [0.3, 0.4) is 0 Å². The zero-order chi connectivity index (χ0) is 18.6. The van der Waals surface area contributed by atoms with Crippen molar-refractivity contribution in [2.24, 2.45) is 0 Å². The summed E-state index contributed by atoms with van der Waals surface area (Å²) in [5, 5.41) is 5.85. The van der Waals surface area contributed by atoms with Crippen LogP contribution in [0.15, 0.2) is 65.3 Å². The lowest BCUT2D eigenvalue weighted by Gasteiger charge is -2.03. The van der Waals surface area contributed by atoms with Crippen molar-refractivity contribution in [1.82, 2.24) is 15.3 Å². The summed E-state index contributed by atoms with van der Waals surface area (Å²) >= 11 is 4.19. The van der Waals surface area contributed by atoms with Crippen molar-refractivity contribution in [3.8, 4) is 10.4 Å². The third kappa shape index (κ3) is 4.08. The van der Waals surface area contributed by atoms with E-state index >= 15 is 0 Å². The highest BCUT2D eigenvalue weighted by atomic mass is 32.2. The van der Waals surface area contributed by atoms with E-state index < -0.39 is 0 Å². The number of hydrogen-bond donors (Lipinski definition) is 1. The van der Waals surface area contributed by atoms with Gasteiger partial charge < -0.3 is 0 Å². The number of thioether (sulfide) groups is 1. The molecule has 27 heavy (non-hydrogen) atoms. The van der Waals surface area contributed by atoms with Crippen molar-refractivity contribution in [3.63, 3.8) is 0 Å². The van der Waals surface area contributed by atoms with Gasteiger partial charge in [-0.15, -0.1) is 22.7 Å². The molecule has 0 unspecified atom stereocenters. The van der Waals surface area contributed by atoms with Crippen LogP contribution in [0, 0.1) is 0 Å². The minimum absolute atomic E-state index is 0.111. The Hall–Kier alpha value is -2.55. The molecular formula is C19H13N3O2S3. The molecule has 0 bridgehead atoms. The molecule has 3 aromatic heterocycles. The van der Waals surface area contributed by atoms with Crippen LogP contribution >= 0.6 is 34.4 Å². The Morgan fingerprint density at radius 1 is 1.07 bits per heavy atom. The number of thiophene rings is 2. The highest BCUT2D eigenvalue weighted by molar-refractivity contribution is 8.00. The van der Waals surface area contributed by atoms with Crippen molar-refractivity contribution in [3.05, 3.63) is 65.1 Å². The summed E-state index contributed by atoms with van der Waals surface area (Å²) in [5.41, 5.74) is 1.12. The number of aromatic nitrogens is 2. The number of amides is 2. The topological polar surface area (TPSA) is 72.0 Å². The Bertz CT molecular complexity index is 1090. The second-order valence-electron chi connectivity index (χ2n) is 5.52. The van der Waals surface area contributed by atoms with E-state index in [1.165, 1.54) is 29.4 Å². The predicted octanol–water partition coefficient (Wildman–Crippen LogP) is 4.47. The van der Waals surface area contributed by atoms with Gasteiger partial charge in [-0.3, -0.25) is 14.9 Å². The number of imide groups is 1. The first-order valence-electron chi connectivity index (χ1n) is 8.01. The van der Waals surface area contributed by atoms with Gasteiger partial charge in [0.05, 0.1) is 10.6 Å². The van der Waals surface area contributed by atoms with Crippen LogP contribution in [0.5, 0.6) is 0 Å². The van der Waals surface area contributed by atoms with E-state index in [-0.39, 0.29) is 17.6 Å². The molecule has 0 radical (unpaired) electrons. The molecule has 134 valence electrons. The molecule has 4 aromatic rings.